The number of carbonyl (C=O) groups is 1. The van der Waals surface area contributed by atoms with E-state index in [1.807, 2.05) is 49.6 Å². The van der Waals surface area contributed by atoms with Crippen LogP contribution in [0.15, 0.2) is 41.9 Å². The topological polar surface area (TPSA) is 105 Å². The Balaban J connectivity index is 1.62. The molecule has 0 unspecified atom stereocenters. The van der Waals surface area contributed by atoms with Gasteiger partial charge in [0.2, 0.25) is 0 Å². The van der Waals surface area contributed by atoms with E-state index in [0.717, 1.165) is 44.9 Å². The molecular formula is C21H33N7O2. The van der Waals surface area contributed by atoms with Crippen LogP contribution in [0.5, 0.6) is 0 Å². The number of nitrogens with one attached hydrogen (secondary N) is 3. The van der Waals surface area contributed by atoms with Crippen LogP contribution in [0.2, 0.25) is 0 Å². The molecule has 0 bridgehead atoms. The smallest absolute Gasteiger partial charge is 0.412 e. The van der Waals surface area contributed by atoms with Crippen molar-refractivity contribution in [2.45, 2.75) is 52.2 Å². The molecule has 0 fully saturated rings. The van der Waals surface area contributed by atoms with Crippen molar-refractivity contribution in [3.63, 3.8) is 0 Å². The third-order valence-corrected chi connectivity index (χ3v) is 4.13. The maximum Gasteiger partial charge on any atom is 0.412 e. The molecule has 0 saturated carbocycles. The first-order valence-electron chi connectivity index (χ1n) is 10.2. The van der Waals surface area contributed by atoms with Crippen LogP contribution in [0, 0.1) is 0 Å². The highest BCUT2D eigenvalue weighted by molar-refractivity contribution is 5.84. The summed E-state index contributed by atoms with van der Waals surface area (Å²) in [6.07, 6.45) is 5.94. The second-order valence-electron chi connectivity index (χ2n) is 7.91. The largest absolute Gasteiger partial charge is 0.444 e. The minimum atomic E-state index is -0.514. The van der Waals surface area contributed by atoms with Crippen LogP contribution >= 0.6 is 0 Å². The Kier molecular flexibility index (Phi) is 9.11. The van der Waals surface area contributed by atoms with Gasteiger partial charge in [-0.15, -0.1) is 10.2 Å². The van der Waals surface area contributed by atoms with E-state index in [-0.39, 0.29) is 0 Å². The molecule has 1 heterocycles. The van der Waals surface area contributed by atoms with Gasteiger partial charge in [0.1, 0.15) is 18.3 Å². The van der Waals surface area contributed by atoms with Crippen LogP contribution in [0.4, 0.5) is 10.5 Å². The van der Waals surface area contributed by atoms with E-state index in [2.05, 4.69) is 31.1 Å². The zero-order valence-electron chi connectivity index (χ0n) is 18.3. The number of aliphatic imine (C=N–C) groups is 1. The van der Waals surface area contributed by atoms with Gasteiger partial charge >= 0.3 is 6.09 Å². The fourth-order valence-electron chi connectivity index (χ4n) is 2.69. The lowest BCUT2D eigenvalue weighted by Crippen LogP contribution is -2.38. The number of anilines is 1. The first-order valence-corrected chi connectivity index (χ1v) is 10.2. The molecule has 164 valence electrons. The summed E-state index contributed by atoms with van der Waals surface area (Å²) in [7, 11) is 1.77. The number of carbonyl (C=O) groups excluding carboxylic acids is 1. The van der Waals surface area contributed by atoms with Gasteiger partial charge < -0.3 is 19.9 Å². The maximum atomic E-state index is 11.8. The number of aryl methyl sites for hydroxylation is 1. The van der Waals surface area contributed by atoms with Gasteiger partial charge in [-0.2, -0.15) is 0 Å². The lowest BCUT2D eigenvalue weighted by Gasteiger charge is -2.19. The molecule has 9 nitrogen and oxygen atoms in total. The maximum absolute atomic E-state index is 11.8. The van der Waals surface area contributed by atoms with Crippen molar-refractivity contribution in [2.75, 3.05) is 25.5 Å². The number of amides is 1. The van der Waals surface area contributed by atoms with E-state index < -0.39 is 11.7 Å². The third-order valence-electron chi connectivity index (χ3n) is 4.13. The van der Waals surface area contributed by atoms with Gasteiger partial charge in [0.05, 0.1) is 0 Å². The summed E-state index contributed by atoms with van der Waals surface area (Å²) in [4.78, 5) is 16.1. The highest BCUT2D eigenvalue weighted by Crippen LogP contribution is 2.13. The van der Waals surface area contributed by atoms with Crippen LogP contribution in [0.25, 0.3) is 0 Å². The number of rotatable bonds is 9. The Morgan fingerprint density at radius 3 is 2.37 bits per heavy atom. The van der Waals surface area contributed by atoms with E-state index in [4.69, 9.17) is 4.74 Å². The Bertz CT molecular complexity index is 781. The van der Waals surface area contributed by atoms with Crippen LogP contribution in [0.3, 0.4) is 0 Å². The quantitative estimate of drug-likeness (QED) is 0.330. The van der Waals surface area contributed by atoms with Crippen LogP contribution in [0.1, 0.15) is 39.2 Å². The molecule has 2 aromatic rings. The Labute approximate surface area is 178 Å². The lowest BCUT2D eigenvalue weighted by molar-refractivity contribution is 0.0636. The van der Waals surface area contributed by atoms with Gasteiger partial charge in [-0.05, 0) is 57.7 Å². The van der Waals surface area contributed by atoms with E-state index >= 15 is 0 Å². The Morgan fingerprint density at radius 1 is 1.07 bits per heavy atom. The Morgan fingerprint density at radius 2 is 1.73 bits per heavy atom. The highest BCUT2D eigenvalue weighted by Gasteiger charge is 2.16. The average molecular weight is 416 g/mol. The zero-order chi connectivity index (χ0) is 21.8. The number of ether oxygens (including phenoxy) is 1. The molecule has 0 atom stereocenters. The van der Waals surface area contributed by atoms with Crippen molar-refractivity contribution in [1.82, 2.24) is 25.4 Å². The average Bonchev–Trinajstić information content (AvgIpc) is 3.19. The fourth-order valence-corrected chi connectivity index (χ4v) is 2.69. The summed E-state index contributed by atoms with van der Waals surface area (Å²) in [6, 6.07) is 7.75. The SMILES string of the molecule is CN=C(NCCCCn1cnnc1)NCCc1ccc(NC(=O)OC(C)(C)C)cc1. The monoisotopic (exact) mass is 415 g/mol. The number of aromatic nitrogens is 3. The Hall–Kier alpha value is -3.10. The molecule has 1 amide bonds. The molecule has 0 radical (unpaired) electrons. The van der Waals surface area contributed by atoms with Crippen LogP contribution in [-0.2, 0) is 17.7 Å². The molecule has 0 saturated heterocycles. The van der Waals surface area contributed by atoms with Gasteiger partial charge in [-0.3, -0.25) is 10.3 Å². The van der Waals surface area contributed by atoms with Crippen molar-refractivity contribution in [3.05, 3.63) is 42.5 Å². The standard InChI is InChI=1S/C21H33N7O2/c1-21(2,3)30-20(29)27-18-9-7-17(8-10-18)11-13-24-19(22-4)23-12-5-6-14-28-15-25-26-16-28/h7-10,15-16H,5-6,11-14H2,1-4H3,(H,27,29)(H2,22,23,24). The number of hydrogen-bond donors (Lipinski definition) is 3. The first kappa shape index (κ1) is 23.2. The minimum absolute atomic E-state index is 0.450. The normalized spacial score (nSPS) is 11.8. The van der Waals surface area contributed by atoms with E-state index in [0.29, 0.717) is 5.69 Å². The van der Waals surface area contributed by atoms with Gasteiger partial charge in [-0.25, -0.2) is 4.79 Å². The van der Waals surface area contributed by atoms with Crippen molar-refractivity contribution in [3.8, 4) is 0 Å². The number of unbranched alkanes of at least 4 members (excludes halogenated alkanes) is 1. The molecular weight excluding hydrogens is 382 g/mol. The molecule has 30 heavy (non-hydrogen) atoms. The summed E-state index contributed by atoms with van der Waals surface area (Å²) in [5.41, 5.74) is 1.37. The summed E-state index contributed by atoms with van der Waals surface area (Å²) >= 11 is 0. The van der Waals surface area contributed by atoms with E-state index in [1.165, 1.54) is 5.56 Å². The summed E-state index contributed by atoms with van der Waals surface area (Å²) in [5, 5.41) is 17.0. The molecule has 3 N–H and O–H groups in total. The van der Waals surface area contributed by atoms with E-state index in [1.54, 1.807) is 19.7 Å². The zero-order valence-corrected chi connectivity index (χ0v) is 18.3. The van der Waals surface area contributed by atoms with Crippen molar-refractivity contribution < 1.29 is 9.53 Å². The lowest BCUT2D eigenvalue weighted by atomic mass is 10.1. The van der Waals surface area contributed by atoms with Crippen LogP contribution < -0.4 is 16.0 Å². The minimum Gasteiger partial charge on any atom is -0.444 e. The summed E-state index contributed by atoms with van der Waals surface area (Å²) in [6.45, 7) is 8.05. The third kappa shape index (κ3) is 9.40. The molecule has 0 aliphatic rings. The second kappa shape index (κ2) is 11.8. The molecule has 0 aliphatic heterocycles. The van der Waals surface area contributed by atoms with Crippen molar-refractivity contribution in [1.29, 1.82) is 0 Å². The van der Waals surface area contributed by atoms with Gasteiger partial charge in [0.15, 0.2) is 5.96 Å². The number of benzene rings is 1. The predicted octanol–water partition coefficient (Wildman–Crippen LogP) is 2.81. The van der Waals surface area contributed by atoms with Crippen LogP contribution in [-0.4, -0.2) is 52.6 Å². The molecule has 1 aromatic carbocycles. The van der Waals surface area contributed by atoms with Crippen molar-refractivity contribution >= 4 is 17.7 Å². The van der Waals surface area contributed by atoms with Gasteiger partial charge in [0, 0.05) is 32.4 Å². The van der Waals surface area contributed by atoms with Gasteiger partial charge in [0.25, 0.3) is 0 Å². The molecule has 0 spiro atoms. The second-order valence-corrected chi connectivity index (χ2v) is 7.91. The molecule has 0 aliphatic carbocycles. The summed E-state index contributed by atoms with van der Waals surface area (Å²) < 4.78 is 7.23. The highest BCUT2D eigenvalue weighted by atomic mass is 16.6. The number of nitrogens with zero attached hydrogens (tertiary/aromatic N) is 4. The number of hydrogen-bond acceptors (Lipinski definition) is 5. The summed E-state index contributed by atoms with van der Waals surface area (Å²) in [5.74, 6) is 0.794. The molecule has 2 rings (SSSR count). The first-order chi connectivity index (χ1) is 14.4. The van der Waals surface area contributed by atoms with E-state index in [9.17, 15) is 4.79 Å². The number of guanidine groups is 1. The predicted molar refractivity (Wildman–Crippen MR) is 119 cm³/mol. The van der Waals surface area contributed by atoms with Gasteiger partial charge in [-0.1, -0.05) is 12.1 Å². The molecule has 1 aromatic heterocycles. The molecule has 9 heteroatoms. The van der Waals surface area contributed by atoms with Crippen molar-refractivity contribution in [2.24, 2.45) is 4.99 Å². The fraction of sp³-hybridized carbons (Fsp3) is 0.524.